The molecule has 2 aliphatic rings. The van der Waals surface area contributed by atoms with Gasteiger partial charge in [0.05, 0.1) is 0 Å². The maximum absolute atomic E-state index is 13.0. The van der Waals surface area contributed by atoms with Crippen LogP contribution in [0.5, 0.6) is 0 Å². The third kappa shape index (κ3) is 3.02. The van der Waals surface area contributed by atoms with Crippen LogP contribution in [0.2, 0.25) is 0 Å². The van der Waals surface area contributed by atoms with Gasteiger partial charge in [0.15, 0.2) is 0 Å². The Morgan fingerprint density at radius 2 is 1.92 bits per heavy atom. The second kappa shape index (κ2) is 5.99. The van der Waals surface area contributed by atoms with Gasteiger partial charge in [0.2, 0.25) is 5.91 Å². The van der Waals surface area contributed by atoms with E-state index in [2.05, 4.69) is 36.3 Å². The minimum Gasteiger partial charge on any atom is -0.310 e. The number of aromatic nitrogens is 1. The average Bonchev–Trinajstić information content (AvgIpc) is 3.38. The molecule has 5 heteroatoms. The lowest BCUT2D eigenvalue weighted by Gasteiger charge is -2.18. The minimum atomic E-state index is -0.0497. The summed E-state index contributed by atoms with van der Waals surface area (Å²) in [5.74, 6) is 0.501. The molecule has 1 saturated carbocycles. The van der Waals surface area contributed by atoms with Crippen molar-refractivity contribution in [2.24, 2.45) is 5.92 Å². The van der Waals surface area contributed by atoms with Gasteiger partial charge in [-0.3, -0.25) is 9.59 Å². The highest BCUT2D eigenvalue weighted by atomic mass is 16.2. The highest BCUT2D eigenvalue weighted by Crippen LogP contribution is 2.32. The van der Waals surface area contributed by atoms with Crippen molar-refractivity contribution >= 4 is 23.3 Å². The minimum absolute atomic E-state index is 0.00489. The summed E-state index contributed by atoms with van der Waals surface area (Å²) < 4.78 is 0. The lowest BCUT2D eigenvalue weighted by atomic mass is 10.0. The van der Waals surface area contributed by atoms with Crippen molar-refractivity contribution in [1.82, 2.24) is 4.98 Å². The van der Waals surface area contributed by atoms with Crippen LogP contribution in [-0.4, -0.2) is 23.3 Å². The van der Waals surface area contributed by atoms with Crippen LogP contribution in [0.1, 0.15) is 39.9 Å². The molecule has 1 aliphatic heterocycles. The van der Waals surface area contributed by atoms with Crippen molar-refractivity contribution in [3.63, 3.8) is 0 Å². The Kier molecular flexibility index (Phi) is 3.79. The molecule has 0 atom stereocenters. The largest absolute Gasteiger partial charge is 0.310 e. The molecule has 1 aliphatic carbocycles. The number of carbonyl (C=O) groups is 2. The quantitative estimate of drug-likeness (QED) is 0.936. The molecule has 4 rings (SSSR count). The van der Waals surface area contributed by atoms with Crippen LogP contribution in [0, 0.1) is 19.8 Å². The van der Waals surface area contributed by atoms with Gasteiger partial charge in [-0.05, 0) is 68.0 Å². The van der Waals surface area contributed by atoms with Gasteiger partial charge >= 0.3 is 0 Å². The van der Waals surface area contributed by atoms with E-state index in [1.54, 1.807) is 18.3 Å². The molecule has 1 aromatic carbocycles. The average molecular weight is 335 g/mol. The van der Waals surface area contributed by atoms with Gasteiger partial charge in [-0.15, -0.1) is 0 Å². The van der Waals surface area contributed by atoms with Crippen molar-refractivity contribution in [3.05, 3.63) is 52.7 Å². The van der Waals surface area contributed by atoms with Crippen LogP contribution >= 0.6 is 0 Å². The number of amides is 2. The van der Waals surface area contributed by atoms with Gasteiger partial charge < -0.3 is 10.2 Å². The molecular formula is C20H21N3O2. The standard InChI is InChI=1S/C20H21N3O2/c1-12-9-15-6-8-23(17(15)10-13(12)2)20(25)16-5-7-21-18(11-16)22-19(24)14-3-4-14/h5,7,9-11,14H,3-4,6,8H2,1-2H3,(H,21,22,24). The predicted octanol–water partition coefficient (Wildman–Crippen LogP) is 3.25. The molecule has 2 heterocycles. The molecule has 0 spiro atoms. The number of hydrogen-bond acceptors (Lipinski definition) is 3. The van der Waals surface area contributed by atoms with Crippen LogP contribution in [-0.2, 0) is 11.2 Å². The molecule has 5 nitrogen and oxygen atoms in total. The van der Waals surface area contributed by atoms with Gasteiger partial charge in [0.1, 0.15) is 5.82 Å². The second-order valence-corrected chi connectivity index (χ2v) is 6.97. The first-order valence-electron chi connectivity index (χ1n) is 8.72. The number of anilines is 2. The Balaban J connectivity index is 1.58. The molecule has 1 fully saturated rings. The van der Waals surface area contributed by atoms with E-state index >= 15 is 0 Å². The molecular weight excluding hydrogens is 314 g/mol. The zero-order valence-corrected chi connectivity index (χ0v) is 14.5. The Labute approximate surface area is 147 Å². The highest BCUT2D eigenvalue weighted by molar-refractivity contribution is 6.08. The Bertz CT molecular complexity index is 871. The number of benzene rings is 1. The number of rotatable bonds is 3. The lowest BCUT2D eigenvalue weighted by molar-refractivity contribution is -0.117. The van der Waals surface area contributed by atoms with E-state index in [-0.39, 0.29) is 17.7 Å². The lowest BCUT2D eigenvalue weighted by Crippen LogP contribution is -2.29. The van der Waals surface area contributed by atoms with Crippen LogP contribution in [0.3, 0.4) is 0 Å². The first kappa shape index (κ1) is 15.8. The van der Waals surface area contributed by atoms with Gasteiger partial charge in [0, 0.05) is 29.9 Å². The van der Waals surface area contributed by atoms with Gasteiger partial charge in [-0.25, -0.2) is 4.98 Å². The number of hydrogen-bond donors (Lipinski definition) is 1. The van der Waals surface area contributed by atoms with Crippen molar-refractivity contribution in [1.29, 1.82) is 0 Å². The third-order valence-electron chi connectivity index (χ3n) is 5.04. The summed E-state index contributed by atoms with van der Waals surface area (Å²) in [5.41, 5.74) is 5.20. The van der Waals surface area contributed by atoms with Gasteiger partial charge in [-0.1, -0.05) is 6.07 Å². The Hall–Kier alpha value is -2.69. The zero-order chi connectivity index (χ0) is 17.6. The molecule has 0 radical (unpaired) electrons. The van der Waals surface area contributed by atoms with E-state index in [0.29, 0.717) is 17.9 Å². The van der Waals surface area contributed by atoms with Crippen LogP contribution < -0.4 is 10.2 Å². The number of aryl methyl sites for hydroxylation is 2. The maximum Gasteiger partial charge on any atom is 0.258 e. The predicted molar refractivity (Wildman–Crippen MR) is 96.9 cm³/mol. The van der Waals surface area contributed by atoms with Crippen LogP contribution in [0.25, 0.3) is 0 Å². The Morgan fingerprint density at radius 1 is 1.16 bits per heavy atom. The molecule has 1 N–H and O–H groups in total. The zero-order valence-electron chi connectivity index (χ0n) is 14.5. The maximum atomic E-state index is 13.0. The number of pyridine rings is 1. The number of nitrogens with one attached hydrogen (secondary N) is 1. The molecule has 25 heavy (non-hydrogen) atoms. The van der Waals surface area contributed by atoms with E-state index in [4.69, 9.17) is 0 Å². The summed E-state index contributed by atoms with van der Waals surface area (Å²) in [4.78, 5) is 30.9. The van der Waals surface area contributed by atoms with Crippen molar-refractivity contribution in [3.8, 4) is 0 Å². The van der Waals surface area contributed by atoms with Gasteiger partial charge in [0.25, 0.3) is 5.91 Å². The SMILES string of the molecule is Cc1cc2c(cc1C)N(C(=O)c1ccnc(NC(=O)C3CC3)c1)CC2. The fraction of sp³-hybridized carbons (Fsp3) is 0.350. The summed E-state index contributed by atoms with van der Waals surface area (Å²) in [7, 11) is 0. The van der Waals surface area contributed by atoms with Crippen molar-refractivity contribution < 1.29 is 9.59 Å². The summed E-state index contributed by atoms with van der Waals surface area (Å²) >= 11 is 0. The summed E-state index contributed by atoms with van der Waals surface area (Å²) in [6.07, 6.45) is 4.33. The number of nitrogens with zero attached hydrogens (tertiary/aromatic N) is 2. The fourth-order valence-corrected chi connectivity index (χ4v) is 3.24. The molecule has 2 aromatic rings. The van der Waals surface area contributed by atoms with E-state index < -0.39 is 0 Å². The molecule has 0 unspecified atom stereocenters. The normalized spacial score (nSPS) is 15.8. The summed E-state index contributed by atoms with van der Waals surface area (Å²) in [6, 6.07) is 7.63. The fourth-order valence-electron chi connectivity index (χ4n) is 3.24. The Morgan fingerprint density at radius 3 is 2.68 bits per heavy atom. The molecule has 2 amide bonds. The van der Waals surface area contributed by atoms with Crippen LogP contribution in [0.15, 0.2) is 30.5 Å². The smallest absolute Gasteiger partial charge is 0.258 e. The first-order chi connectivity index (χ1) is 12.0. The van der Waals surface area contributed by atoms with E-state index in [9.17, 15) is 9.59 Å². The first-order valence-corrected chi connectivity index (χ1v) is 8.72. The highest BCUT2D eigenvalue weighted by Gasteiger charge is 2.30. The van der Waals surface area contributed by atoms with E-state index in [1.807, 2.05) is 4.90 Å². The third-order valence-corrected chi connectivity index (χ3v) is 5.04. The van der Waals surface area contributed by atoms with Crippen molar-refractivity contribution in [2.75, 3.05) is 16.8 Å². The van der Waals surface area contributed by atoms with Crippen molar-refractivity contribution in [2.45, 2.75) is 33.1 Å². The summed E-state index contributed by atoms with van der Waals surface area (Å²) in [5, 5.41) is 2.80. The monoisotopic (exact) mass is 335 g/mol. The molecule has 1 aromatic heterocycles. The van der Waals surface area contributed by atoms with E-state index in [1.165, 1.54) is 16.7 Å². The molecule has 0 saturated heterocycles. The molecule has 128 valence electrons. The summed E-state index contributed by atoms with van der Waals surface area (Å²) in [6.45, 7) is 4.84. The number of carbonyl (C=O) groups excluding carboxylic acids is 2. The van der Waals surface area contributed by atoms with E-state index in [0.717, 1.165) is 24.9 Å². The second-order valence-electron chi connectivity index (χ2n) is 6.97. The van der Waals surface area contributed by atoms with Gasteiger partial charge in [-0.2, -0.15) is 0 Å². The number of fused-ring (bicyclic) bond motifs is 1. The molecule has 0 bridgehead atoms. The van der Waals surface area contributed by atoms with Crippen LogP contribution in [0.4, 0.5) is 11.5 Å². The topological polar surface area (TPSA) is 62.3 Å².